The van der Waals surface area contributed by atoms with Gasteiger partial charge in [0.1, 0.15) is 0 Å². The highest BCUT2D eigenvalue weighted by atomic mass is 32.1. The molecule has 0 saturated carbocycles. The van der Waals surface area contributed by atoms with Crippen molar-refractivity contribution >= 4 is 32.6 Å². The number of thiazole rings is 1. The number of ether oxygens (including phenoxy) is 1. The lowest BCUT2D eigenvalue weighted by Crippen LogP contribution is -2.38. The molecule has 1 aliphatic rings. The zero-order valence-corrected chi connectivity index (χ0v) is 19.1. The van der Waals surface area contributed by atoms with E-state index in [9.17, 15) is 4.79 Å². The summed E-state index contributed by atoms with van der Waals surface area (Å²) < 4.78 is 7.00. The highest BCUT2D eigenvalue weighted by Crippen LogP contribution is 2.34. The fraction of sp³-hybridized carbons (Fsp3) is 0.440. The monoisotopic (exact) mass is 422 g/mol. The molecular formula is C25H30N2O2S. The minimum Gasteiger partial charge on any atom is -0.376 e. The molecule has 1 fully saturated rings. The lowest BCUT2D eigenvalue weighted by Gasteiger charge is -2.23. The third-order valence-corrected chi connectivity index (χ3v) is 6.89. The van der Waals surface area contributed by atoms with Crippen molar-refractivity contribution in [2.45, 2.75) is 59.0 Å². The van der Waals surface area contributed by atoms with Crippen LogP contribution in [0.1, 0.15) is 54.9 Å². The Morgan fingerprint density at radius 3 is 2.80 bits per heavy atom. The molecule has 4 nitrogen and oxygen atoms in total. The molecular weight excluding hydrogens is 392 g/mol. The van der Waals surface area contributed by atoms with Crippen molar-refractivity contribution in [2.24, 2.45) is 0 Å². The minimum atomic E-state index is 0.0857. The van der Waals surface area contributed by atoms with E-state index in [2.05, 4.69) is 64.1 Å². The predicted molar refractivity (Wildman–Crippen MR) is 125 cm³/mol. The van der Waals surface area contributed by atoms with Crippen molar-refractivity contribution in [3.05, 3.63) is 58.7 Å². The van der Waals surface area contributed by atoms with Crippen LogP contribution in [0.5, 0.6) is 0 Å². The Morgan fingerprint density at radius 2 is 2.10 bits per heavy atom. The number of hydrogen-bond acceptors (Lipinski definition) is 4. The summed E-state index contributed by atoms with van der Waals surface area (Å²) in [6, 6.07) is 12.6. The number of benzene rings is 2. The maximum Gasteiger partial charge on any atom is 0.233 e. The van der Waals surface area contributed by atoms with Crippen molar-refractivity contribution < 1.29 is 9.53 Å². The smallest absolute Gasteiger partial charge is 0.233 e. The number of hydrogen-bond donors (Lipinski definition) is 0. The Hall–Kier alpha value is -2.24. The lowest BCUT2D eigenvalue weighted by molar-refractivity contribution is -0.118. The van der Waals surface area contributed by atoms with Gasteiger partial charge in [0.15, 0.2) is 5.13 Å². The van der Waals surface area contributed by atoms with Crippen LogP contribution >= 0.6 is 11.3 Å². The SMILES string of the molecule is Cc1ccc(CC(=O)N(CC2CCCO2)c2nc3c(C(C)C)cccc3s2)c(C)c1. The number of aromatic nitrogens is 1. The van der Waals surface area contributed by atoms with E-state index in [4.69, 9.17) is 9.72 Å². The van der Waals surface area contributed by atoms with Gasteiger partial charge in [-0.15, -0.1) is 0 Å². The molecule has 1 saturated heterocycles. The molecule has 1 unspecified atom stereocenters. The molecule has 2 aromatic carbocycles. The average molecular weight is 423 g/mol. The average Bonchev–Trinajstić information content (AvgIpc) is 3.36. The van der Waals surface area contributed by atoms with Gasteiger partial charge in [0.05, 0.1) is 29.3 Å². The summed E-state index contributed by atoms with van der Waals surface area (Å²) in [5, 5.41) is 0.781. The summed E-state index contributed by atoms with van der Waals surface area (Å²) in [5.41, 5.74) is 5.70. The molecule has 0 bridgehead atoms. The molecule has 3 aromatic rings. The first-order valence-corrected chi connectivity index (χ1v) is 11.6. The number of aryl methyl sites for hydroxylation is 2. The molecule has 5 heteroatoms. The van der Waals surface area contributed by atoms with Gasteiger partial charge in [-0.05, 0) is 55.4 Å². The maximum atomic E-state index is 13.5. The topological polar surface area (TPSA) is 42.4 Å². The van der Waals surface area contributed by atoms with Crippen LogP contribution in [0.3, 0.4) is 0 Å². The molecule has 0 spiro atoms. The van der Waals surface area contributed by atoms with E-state index in [1.807, 2.05) is 4.90 Å². The standard InChI is InChI=1S/C25H30N2O2S/c1-16(2)21-8-5-9-22-24(21)26-25(30-22)27(15-20-7-6-12-29-20)23(28)14-19-11-10-17(3)13-18(19)4/h5,8-11,13,16,20H,6-7,12,14-15H2,1-4H3. The van der Waals surface area contributed by atoms with Crippen LogP contribution < -0.4 is 4.90 Å². The van der Waals surface area contributed by atoms with Crippen molar-refractivity contribution in [2.75, 3.05) is 18.1 Å². The van der Waals surface area contributed by atoms with E-state index in [1.54, 1.807) is 11.3 Å². The zero-order valence-electron chi connectivity index (χ0n) is 18.3. The van der Waals surface area contributed by atoms with E-state index in [1.165, 1.54) is 11.1 Å². The van der Waals surface area contributed by atoms with Crippen molar-refractivity contribution in [3.63, 3.8) is 0 Å². The van der Waals surface area contributed by atoms with Crippen LogP contribution in [0.15, 0.2) is 36.4 Å². The highest BCUT2D eigenvalue weighted by molar-refractivity contribution is 7.22. The molecule has 0 N–H and O–H groups in total. The summed E-state index contributed by atoms with van der Waals surface area (Å²) in [6.45, 7) is 9.87. The van der Waals surface area contributed by atoms with E-state index >= 15 is 0 Å². The van der Waals surface area contributed by atoms with Crippen LogP contribution in [0.2, 0.25) is 0 Å². The second kappa shape index (κ2) is 8.86. The van der Waals surface area contributed by atoms with E-state index in [0.29, 0.717) is 18.9 Å². The molecule has 30 heavy (non-hydrogen) atoms. The van der Waals surface area contributed by atoms with Gasteiger partial charge < -0.3 is 4.74 Å². The van der Waals surface area contributed by atoms with Crippen LogP contribution in [-0.2, 0) is 16.0 Å². The maximum absolute atomic E-state index is 13.5. The molecule has 158 valence electrons. The zero-order chi connectivity index (χ0) is 21.3. The van der Waals surface area contributed by atoms with Gasteiger partial charge >= 0.3 is 0 Å². The number of anilines is 1. The number of carbonyl (C=O) groups excluding carboxylic acids is 1. The summed E-state index contributed by atoms with van der Waals surface area (Å²) in [4.78, 5) is 20.3. The first-order chi connectivity index (χ1) is 14.4. The second-order valence-corrected chi connectivity index (χ2v) is 9.60. The third kappa shape index (κ3) is 4.42. The first kappa shape index (κ1) is 21.0. The summed E-state index contributed by atoms with van der Waals surface area (Å²) in [6.07, 6.45) is 2.52. The molecule has 1 aliphatic heterocycles. The normalized spacial score (nSPS) is 16.5. The largest absolute Gasteiger partial charge is 0.376 e. The number of rotatable bonds is 6. The van der Waals surface area contributed by atoms with E-state index < -0.39 is 0 Å². The Balaban J connectivity index is 1.68. The van der Waals surface area contributed by atoms with E-state index in [0.717, 1.165) is 45.9 Å². The van der Waals surface area contributed by atoms with Crippen LogP contribution in [-0.4, -0.2) is 30.1 Å². The first-order valence-electron chi connectivity index (χ1n) is 10.8. The highest BCUT2D eigenvalue weighted by Gasteiger charge is 2.27. The van der Waals surface area contributed by atoms with Gasteiger partial charge in [-0.1, -0.05) is 61.1 Å². The Labute approximate surface area is 182 Å². The summed E-state index contributed by atoms with van der Waals surface area (Å²) in [5.74, 6) is 0.476. The van der Waals surface area contributed by atoms with Crippen LogP contribution in [0, 0.1) is 13.8 Å². The Bertz CT molecular complexity index is 1050. The molecule has 1 atom stereocenters. The van der Waals surface area contributed by atoms with Gasteiger partial charge in [0.25, 0.3) is 0 Å². The minimum absolute atomic E-state index is 0.0857. The number of amides is 1. The van der Waals surface area contributed by atoms with Gasteiger partial charge in [0, 0.05) is 6.61 Å². The number of carbonyl (C=O) groups is 1. The van der Waals surface area contributed by atoms with Gasteiger partial charge in [-0.25, -0.2) is 4.98 Å². The Kier molecular flexibility index (Phi) is 6.21. The molecule has 1 amide bonds. The molecule has 0 radical (unpaired) electrons. The van der Waals surface area contributed by atoms with E-state index in [-0.39, 0.29) is 12.0 Å². The van der Waals surface area contributed by atoms with Crippen molar-refractivity contribution in [1.29, 1.82) is 0 Å². The van der Waals surface area contributed by atoms with Gasteiger partial charge in [-0.2, -0.15) is 0 Å². The van der Waals surface area contributed by atoms with Crippen LogP contribution in [0.4, 0.5) is 5.13 Å². The fourth-order valence-electron chi connectivity index (χ4n) is 4.12. The molecule has 4 rings (SSSR count). The Morgan fingerprint density at radius 1 is 1.27 bits per heavy atom. The molecule has 1 aromatic heterocycles. The summed E-state index contributed by atoms with van der Waals surface area (Å²) >= 11 is 1.60. The van der Waals surface area contributed by atoms with Crippen molar-refractivity contribution in [3.8, 4) is 0 Å². The van der Waals surface area contributed by atoms with Crippen molar-refractivity contribution in [1.82, 2.24) is 4.98 Å². The fourth-order valence-corrected chi connectivity index (χ4v) is 5.15. The molecule has 2 heterocycles. The third-order valence-electron chi connectivity index (χ3n) is 5.84. The quantitative estimate of drug-likeness (QED) is 0.505. The van der Waals surface area contributed by atoms with Crippen LogP contribution in [0.25, 0.3) is 10.2 Å². The van der Waals surface area contributed by atoms with Gasteiger partial charge in [0.2, 0.25) is 5.91 Å². The number of fused-ring (bicyclic) bond motifs is 1. The second-order valence-electron chi connectivity index (χ2n) is 8.59. The predicted octanol–water partition coefficient (Wildman–Crippen LogP) is 5.79. The molecule has 0 aliphatic carbocycles. The number of para-hydroxylation sites is 1. The van der Waals surface area contributed by atoms with Gasteiger partial charge in [-0.3, -0.25) is 9.69 Å². The lowest BCUT2D eigenvalue weighted by atomic mass is 10.0. The summed E-state index contributed by atoms with van der Waals surface area (Å²) in [7, 11) is 0. The number of nitrogens with zero attached hydrogens (tertiary/aromatic N) is 2.